The van der Waals surface area contributed by atoms with E-state index in [-0.39, 0.29) is 17.6 Å². The van der Waals surface area contributed by atoms with Crippen LogP contribution in [0.3, 0.4) is 0 Å². The van der Waals surface area contributed by atoms with Crippen molar-refractivity contribution in [3.05, 3.63) is 44.2 Å². The highest BCUT2D eigenvalue weighted by molar-refractivity contribution is 8.00. The predicted octanol–water partition coefficient (Wildman–Crippen LogP) is 5.45. The molecule has 4 nitrogen and oxygen atoms in total. The fraction of sp³-hybridized carbons (Fsp3) is 0.333. The number of carbonyl (C=O) groups is 2. The number of benzene rings is 1. The number of rotatable bonds is 6. The molecule has 2 aromatic rings. The highest BCUT2D eigenvalue weighted by Gasteiger charge is 2.28. The summed E-state index contributed by atoms with van der Waals surface area (Å²) < 4.78 is 5.17. The summed E-state index contributed by atoms with van der Waals surface area (Å²) in [6.45, 7) is 2.08. The number of esters is 1. The summed E-state index contributed by atoms with van der Waals surface area (Å²) in [5.41, 5.74) is 1.54. The van der Waals surface area contributed by atoms with Crippen LogP contribution in [-0.2, 0) is 22.4 Å². The maximum atomic E-state index is 12.4. The van der Waals surface area contributed by atoms with Crippen molar-refractivity contribution in [3.8, 4) is 0 Å². The van der Waals surface area contributed by atoms with Gasteiger partial charge in [0.15, 0.2) is 0 Å². The van der Waals surface area contributed by atoms with Crippen molar-refractivity contribution in [2.45, 2.75) is 31.1 Å². The lowest BCUT2D eigenvalue weighted by Gasteiger charge is -2.08. The van der Waals surface area contributed by atoms with E-state index in [2.05, 4.69) is 5.32 Å². The molecule has 0 unspecified atom stereocenters. The maximum absolute atomic E-state index is 12.4. The standard InChI is InChI=1S/C18H17Cl2NO3S2/c1-2-24-18(23)16-11-4-3-5-13(11)26-17(16)21-15(22)9-25-14-8-10(19)6-7-12(14)20/h6-8H,2-5,9H2,1H3,(H,21,22). The molecule has 0 saturated carbocycles. The highest BCUT2D eigenvalue weighted by atomic mass is 35.5. The molecule has 138 valence electrons. The van der Waals surface area contributed by atoms with Crippen molar-refractivity contribution >= 4 is 63.2 Å². The number of thiophene rings is 1. The Labute approximate surface area is 170 Å². The number of ether oxygens (including phenoxy) is 1. The van der Waals surface area contributed by atoms with E-state index >= 15 is 0 Å². The fourth-order valence-electron chi connectivity index (χ4n) is 2.81. The van der Waals surface area contributed by atoms with E-state index in [1.807, 2.05) is 0 Å². The highest BCUT2D eigenvalue weighted by Crippen LogP contribution is 2.39. The molecule has 0 aliphatic heterocycles. The molecular weight excluding hydrogens is 413 g/mol. The van der Waals surface area contributed by atoms with Crippen molar-refractivity contribution < 1.29 is 14.3 Å². The Morgan fingerprint density at radius 2 is 2.12 bits per heavy atom. The van der Waals surface area contributed by atoms with Crippen LogP contribution in [0, 0.1) is 0 Å². The first-order chi connectivity index (χ1) is 12.5. The van der Waals surface area contributed by atoms with Gasteiger partial charge in [0.2, 0.25) is 5.91 Å². The number of nitrogens with one attached hydrogen (secondary N) is 1. The van der Waals surface area contributed by atoms with Gasteiger partial charge in [0.1, 0.15) is 5.00 Å². The normalized spacial score (nSPS) is 12.7. The second-order valence-electron chi connectivity index (χ2n) is 5.69. The SMILES string of the molecule is CCOC(=O)c1c(NC(=O)CSc2cc(Cl)ccc2Cl)sc2c1CCC2. The molecule has 0 radical (unpaired) electrons. The average Bonchev–Trinajstić information content (AvgIpc) is 3.16. The van der Waals surface area contributed by atoms with Crippen molar-refractivity contribution in [3.63, 3.8) is 0 Å². The Bertz CT molecular complexity index is 851. The van der Waals surface area contributed by atoms with E-state index in [9.17, 15) is 9.59 Å². The Kier molecular flexibility index (Phi) is 6.51. The van der Waals surface area contributed by atoms with Crippen LogP contribution in [0.5, 0.6) is 0 Å². The van der Waals surface area contributed by atoms with Crippen molar-refractivity contribution in [1.29, 1.82) is 0 Å². The van der Waals surface area contributed by atoms with Gasteiger partial charge in [0.05, 0.1) is 22.9 Å². The molecule has 0 bridgehead atoms. The van der Waals surface area contributed by atoms with E-state index in [4.69, 9.17) is 27.9 Å². The minimum absolute atomic E-state index is 0.172. The van der Waals surface area contributed by atoms with E-state index in [1.165, 1.54) is 23.1 Å². The molecule has 0 saturated heterocycles. The van der Waals surface area contributed by atoms with Crippen molar-refractivity contribution in [1.82, 2.24) is 0 Å². The van der Waals surface area contributed by atoms with Crippen LogP contribution in [0.4, 0.5) is 5.00 Å². The lowest BCUT2D eigenvalue weighted by molar-refractivity contribution is -0.113. The van der Waals surface area contributed by atoms with Crippen LogP contribution >= 0.6 is 46.3 Å². The van der Waals surface area contributed by atoms with Crippen molar-refractivity contribution in [2.24, 2.45) is 0 Å². The molecule has 0 fully saturated rings. The second-order valence-corrected chi connectivity index (χ2v) is 8.66. The molecule has 0 atom stereocenters. The molecule has 3 rings (SSSR count). The zero-order chi connectivity index (χ0) is 18.7. The number of thioether (sulfide) groups is 1. The summed E-state index contributed by atoms with van der Waals surface area (Å²) in [7, 11) is 0. The first kappa shape index (κ1) is 19.5. The molecular formula is C18H17Cl2NO3S2. The summed E-state index contributed by atoms with van der Waals surface area (Å²) in [5.74, 6) is -0.394. The molecule has 1 aromatic carbocycles. The largest absolute Gasteiger partial charge is 0.462 e. The zero-order valence-corrected chi connectivity index (χ0v) is 17.2. The third-order valence-corrected chi connectivity index (χ3v) is 6.85. The fourth-order valence-corrected chi connectivity index (χ4v) is 5.39. The monoisotopic (exact) mass is 429 g/mol. The van der Waals surface area contributed by atoms with Gasteiger partial charge in [0, 0.05) is 14.8 Å². The Morgan fingerprint density at radius 3 is 2.88 bits per heavy atom. The van der Waals surface area contributed by atoms with E-state index < -0.39 is 0 Å². The first-order valence-electron chi connectivity index (χ1n) is 8.19. The number of amides is 1. The zero-order valence-electron chi connectivity index (χ0n) is 14.1. The molecule has 8 heteroatoms. The summed E-state index contributed by atoms with van der Waals surface area (Å²) in [5, 5.41) is 4.56. The quantitative estimate of drug-likeness (QED) is 0.489. The number of carbonyl (C=O) groups excluding carboxylic acids is 2. The minimum atomic E-state index is -0.368. The molecule has 0 spiro atoms. The van der Waals surface area contributed by atoms with Gasteiger partial charge in [-0.05, 0) is 49.9 Å². The lowest BCUT2D eigenvalue weighted by atomic mass is 10.1. The van der Waals surface area contributed by atoms with Gasteiger partial charge in [-0.25, -0.2) is 4.79 Å². The predicted molar refractivity (Wildman–Crippen MR) is 108 cm³/mol. The number of hydrogen-bond donors (Lipinski definition) is 1. The topological polar surface area (TPSA) is 55.4 Å². The second kappa shape index (κ2) is 8.65. The molecule has 1 aliphatic carbocycles. The number of anilines is 1. The summed E-state index contributed by atoms with van der Waals surface area (Å²) in [4.78, 5) is 26.6. The van der Waals surface area contributed by atoms with Gasteiger partial charge in [-0.1, -0.05) is 23.2 Å². The van der Waals surface area contributed by atoms with Gasteiger partial charge < -0.3 is 10.1 Å². The summed E-state index contributed by atoms with van der Waals surface area (Å²) in [6, 6.07) is 5.13. The van der Waals surface area contributed by atoms with Gasteiger partial charge >= 0.3 is 5.97 Å². The molecule has 1 N–H and O–H groups in total. The van der Waals surface area contributed by atoms with E-state index in [0.29, 0.717) is 27.2 Å². The third-order valence-electron chi connectivity index (χ3n) is 3.91. The number of fused-ring (bicyclic) bond motifs is 1. The number of halogens is 2. The first-order valence-corrected chi connectivity index (χ1v) is 10.7. The van der Waals surface area contributed by atoms with Crippen LogP contribution < -0.4 is 5.32 Å². The smallest absolute Gasteiger partial charge is 0.341 e. The van der Waals surface area contributed by atoms with Crippen LogP contribution in [0.15, 0.2) is 23.1 Å². The minimum Gasteiger partial charge on any atom is -0.462 e. The van der Waals surface area contributed by atoms with Crippen LogP contribution in [-0.4, -0.2) is 24.2 Å². The molecule has 26 heavy (non-hydrogen) atoms. The molecule has 1 aromatic heterocycles. The van der Waals surface area contributed by atoms with Gasteiger partial charge in [-0.3, -0.25) is 4.79 Å². The van der Waals surface area contributed by atoms with Crippen molar-refractivity contribution in [2.75, 3.05) is 17.7 Å². The molecule has 1 amide bonds. The van der Waals surface area contributed by atoms with Crippen LogP contribution in [0.2, 0.25) is 10.0 Å². The molecule has 1 heterocycles. The van der Waals surface area contributed by atoms with E-state index in [0.717, 1.165) is 34.6 Å². The summed E-state index contributed by atoms with van der Waals surface area (Å²) >= 11 is 14.9. The Balaban J connectivity index is 1.71. The number of hydrogen-bond acceptors (Lipinski definition) is 5. The molecule has 1 aliphatic rings. The average molecular weight is 430 g/mol. The van der Waals surface area contributed by atoms with Gasteiger partial charge in [0.25, 0.3) is 0 Å². The lowest BCUT2D eigenvalue weighted by Crippen LogP contribution is -2.16. The van der Waals surface area contributed by atoms with Crippen LogP contribution in [0.1, 0.15) is 34.1 Å². The maximum Gasteiger partial charge on any atom is 0.341 e. The van der Waals surface area contributed by atoms with Crippen LogP contribution in [0.25, 0.3) is 0 Å². The van der Waals surface area contributed by atoms with Gasteiger partial charge in [-0.15, -0.1) is 23.1 Å². The Hall–Kier alpha value is -1.21. The Morgan fingerprint density at radius 1 is 1.31 bits per heavy atom. The van der Waals surface area contributed by atoms with Gasteiger partial charge in [-0.2, -0.15) is 0 Å². The third kappa shape index (κ3) is 4.36. The summed E-state index contributed by atoms with van der Waals surface area (Å²) in [6.07, 6.45) is 2.82. The number of aryl methyl sites for hydroxylation is 1. The van der Waals surface area contributed by atoms with E-state index in [1.54, 1.807) is 25.1 Å².